The molecular weight excluding hydrogens is 362 g/mol. The first-order valence-electron chi connectivity index (χ1n) is 12.3. The fourth-order valence-corrected chi connectivity index (χ4v) is 10.1. The van der Waals surface area contributed by atoms with Crippen molar-refractivity contribution in [2.24, 2.45) is 51.5 Å². The van der Waals surface area contributed by atoms with Crippen LogP contribution in [0.1, 0.15) is 77.6 Å². The molecule has 1 aliphatic heterocycles. The van der Waals surface area contributed by atoms with E-state index in [2.05, 4.69) is 18.2 Å². The Hall–Kier alpha value is -1.19. The van der Waals surface area contributed by atoms with Crippen molar-refractivity contribution in [3.8, 4) is 0 Å². The number of nitroso groups, excluding NO2 is 1. The molecule has 29 heavy (non-hydrogen) atoms. The van der Waals surface area contributed by atoms with Crippen molar-refractivity contribution in [1.29, 1.82) is 0 Å². The Morgan fingerprint density at radius 2 is 1.97 bits per heavy atom. The molecule has 0 aromatic heterocycles. The molecule has 6 fully saturated rings. The van der Waals surface area contributed by atoms with Crippen molar-refractivity contribution in [3.63, 3.8) is 0 Å². The van der Waals surface area contributed by atoms with Gasteiger partial charge in [0, 0.05) is 17.8 Å². The number of carbonyl (C=O) groups excluding carboxylic acids is 1. The van der Waals surface area contributed by atoms with Gasteiger partial charge in [0.2, 0.25) is 0 Å². The fourth-order valence-electron chi connectivity index (χ4n) is 10.1. The molecule has 4 heteroatoms. The van der Waals surface area contributed by atoms with Crippen molar-refractivity contribution in [1.82, 2.24) is 0 Å². The molecule has 7 rings (SSSR count). The van der Waals surface area contributed by atoms with Gasteiger partial charge in [-0.3, -0.25) is 4.79 Å². The molecule has 0 bridgehead atoms. The minimum absolute atomic E-state index is 0.0680. The third-order valence-electron chi connectivity index (χ3n) is 11.2. The summed E-state index contributed by atoms with van der Waals surface area (Å²) in [7, 11) is 0. The second kappa shape index (κ2) is 5.34. The van der Waals surface area contributed by atoms with Crippen molar-refractivity contribution in [3.05, 3.63) is 16.6 Å². The van der Waals surface area contributed by atoms with Gasteiger partial charge in [0.25, 0.3) is 0 Å². The summed E-state index contributed by atoms with van der Waals surface area (Å²) < 4.78 is 6.31. The van der Waals surface area contributed by atoms with E-state index in [0.717, 1.165) is 36.5 Å². The van der Waals surface area contributed by atoms with Crippen LogP contribution in [0.5, 0.6) is 0 Å². The Morgan fingerprint density at radius 3 is 2.66 bits per heavy atom. The molecule has 0 N–H and O–H groups in total. The quantitative estimate of drug-likeness (QED) is 0.357. The van der Waals surface area contributed by atoms with Crippen molar-refractivity contribution in [2.45, 2.75) is 89.2 Å². The zero-order chi connectivity index (χ0) is 19.6. The average molecular weight is 396 g/mol. The van der Waals surface area contributed by atoms with Gasteiger partial charge in [0.1, 0.15) is 11.6 Å². The highest BCUT2D eigenvalue weighted by molar-refractivity contribution is 5.73. The summed E-state index contributed by atoms with van der Waals surface area (Å²) in [6.45, 7) is 2.38. The highest BCUT2D eigenvalue weighted by Gasteiger charge is 2.80. The number of allylic oxidation sites excluding steroid dienone is 1. The number of carbonyl (C=O) groups is 1. The van der Waals surface area contributed by atoms with E-state index in [4.69, 9.17) is 4.74 Å². The van der Waals surface area contributed by atoms with Crippen LogP contribution < -0.4 is 0 Å². The first-order chi connectivity index (χ1) is 14.1. The third-order valence-corrected chi connectivity index (χ3v) is 11.2. The lowest BCUT2D eigenvalue weighted by molar-refractivity contribution is -0.180. The molecule has 1 saturated heterocycles. The van der Waals surface area contributed by atoms with E-state index in [9.17, 15) is 9.70 Å². The summed E-state index contributed by atoms with van der Waals surface area (Å²) in [5.41, 5.74) is 2.17. The van der Waals surface area contributed by atoms with Crippen LogP contribution in [0.3, 0.4) is 0 Å². The Morgan fingerprint density at radius 1 is 1.10 bits per heavy atom. The molecule has 6 unspecified atom stereocenters. The summed E-state index contributed by atoms with van der Waals surface area (Å²) in [4.78, 5) is 23.5. The zero-order valence-electron chi connectivity index (χ0n) is 17.6. The number of ether oxygens (including phenoxy) is 1. The molecule has 2 spiro atoms. The maximum absolute atomic E-state index is 12.3. The standard InChI is InChI=1S/C25H33NO3/c1-2-24-7-5-15-16-4-3-14(26-28)11-19(16)23(9-10-23)13-18(15)22(24)17-12-20(17)25(24)8-6-21(27)29-25/h11,14-18,20,22H,2-10,12-13H2,1H3/t14?,15?,16-,17?,18?,20?,22?,24+,25+/m1/s1. The number of hydrogen-bond donors (Lipinski definition) is 0. The molecule has 0 aromatic rings. The number of hydrogen-bond acceptors (Lipinski definition) is 4. The van der Waals surface area contributed by atoms with Crippen LogP contribution in [0.15, 0.2) is 16.8 Å². The maximum Gasteiger partial charge on any atom is 0.306 e. The lowest BCUT2D eigenvalue weighted by atomic mass is 9.46. The summed E-state index contributed by atoms with van der Waals surface area (Å²) in [5.74, 6) is 4.59. The van der Waals surface area contributed by atoms with E-state index in [1.54, 1.807) is 5.57 Å². The maximum atomic E-state index is 12.3. The first kappa shape index (κ1) is 17.5. The monoisotopic (exact) mass is 395 g/mol. The molecular formula is C25H33NO3. The summed E-state index contributed by atoms with van der Waals surface area (Å²) in [6.07, 6.45) is 15.1. The van der Waals surface area contributed by atoms with Crippen LogP contribution in [0.4, 0.5) is 0 Å². The highest BCUT2D eigenvalue weighted by atomic mass is 16.6. The smallest absolute Gasteiger partial charge is 0.306 e. The Bertz CT molecular complexity index is 830. The largest absolute Gasteiger partial charge is 0.458 e. The van der Waals surface area contributed by atoms with Gasteiger partial charge in [-0.05, 0) is 99.2 Å². The zero-order valence-corrected chi connectivity index (χ0v) is 17.6. The molecule has 0 radical (unpaired) electrons. The lowest BCUT2D eigenvalue weighted by Crippen LogP contribution is -2.57. The molecule has 0 amide bonds. The molecule has 1 heterocycles. The lowest BCUT2D eigenvalue weighted by Gasteiger charge is -2.60. The van der Waals surface area contributed by atoms with Gasteiger partial charge in [0.05, 0.1) is 0 Å². The van der Waals surface area contributed by atoms with Crippen LogP contribution in [-0.2, 0) is 9.53 Å². The second-order valence-corrected chi connectivity index (χ2v) is 11.7. The second-order valence-electron chi connectivity index (χ2n) is 11.7. The fraction of sp³-hybridized carbons (Fsp3) is 0.880. The first-order valence-corrected chi connectivity index (χ1v) is 12.3. The predicted molar refractivity (Wildman–Crippen MR) is 109 cm³/mol. The Kier molecular flexibility index (Phi) is 3.22. The van der Waals surface area contributed by atoms with Crippen LogP contribution in [0.2, 0.25) is 0 Å². The molecule has 0 aromatic carbocycles. The number of fused-ring (bicyclic) bond motifs is 10. The van der Waals surface area contributed by atoms with Gasteiger partial charge in [-0.1, -0.05) is 23.7 Å². The van der Waals surface area contributed by atoms with E-state index in [1.165, 1.54) is 51.4 Å². The summed E-state index contributed by atoms with van der Waals surface area (Å²) >= 11 is 0. The van der Waals surface area contributed by atoms with Gasteiger partial charge >= 0.3 is 5.97 Å². The van der Waals surface area contributed by atoms with Crippen LogP contribution in [-0.4, -0.2) is 17.6 Å². The van der Waals surface area contributed by atoms with Gasteiger partial charge < -0.3 is 4.74 Å². The van der Waals surface area contributed by atoms with Crippen LogP contribution in [0.25, 0.3) is 0 Å². The highest BCUT2D eigenvalue weighted by Crippen LogP contribution is 2.81. The molecule has 6 aliphatic carbocycles. The SMILES string of the molecule is CC[C@]12CCC3C(CC4(CC4)C4=CC(N=O)CC[C@@H]43)C1C1CC1[C@@]21CCC(=O)O1. The average Bonchev–Trinajstić information content (AvgIpc) is 3.65. The topological polar surface area (TPSA) is 55.7 Å². The van der Waals surface area contributed by atoms with E-state index in [1.807, 2.05) is 0 Å². The Labute approximate surface area is 173 Å². The number of rotatable bonds is 2. The summed E-state index contributed by atoms with van der Waals surface area (Å²) in [6, 6.07) is -0.0749. The molecule has 156 valence electrons. The molecule has 4 nitrogen and oxygen atoms in total. The van der Waals surface area contributed by atoms with E-state index >= 15 is 0 Å². The third kappa shape index (κ3) is 1.92. The van der Waals surface area contributed by atoms with E-state index in [-0.39, 0.29) is 23.0 Å². The normalized spacial score (nSPS) is 55.4. The van der Waals surface area contributed by atoms with Crippen molar-refractivity contribution < 1.29 is 9.53 Å². The van der Waals surface area contributed by atoms with Crippen molar-refractivity contribution >= 4 is 5.97 Å². The predicted octanol–water partition coefficient (Wildman–Crippen LogP) is 5.41. The van der Waals surface area contributed by atoms with Gasteiger partial charge in [-0.25, -0.2) is 0 Å². The summed E-state index contributed by atoms with van der Waals surface area (Å²) in [5, 5.41) is 3.41. The number of nitrogens with zero attached hydrogens (tertiary/aromatic N) is 1. The minimum atomic E-state index is -0.120. The van der Waals surface area contributed by atoms with Gasteiger partial charge in [0.15, 0.2) is 0 Å². The van der Waals surface area contributed by atoms with Crippen LogP contribution in [0, 0.1) is 51.2 Å². The molecule has 9 atom stereocenters. The van der Waals surface area contributed by atoms with Crippen molar-refractivity contribution in [2.75, 3.05) is 0 Å². The van der Waals surface area contributed by atoms with Crippen LogP contribution >= 0.6 is 0 Å². The Balaban J connectivity index is 1.30. The van der Waals surface area contributed by atoms with Gasteiger partial charge in [-0.15, -0.1) is 0 Å². The minimum Gasteiger partial charge on any atom is -0.458 e. The number of esters is 1. The molecule has 7 aliphatic rings. The van der Waals surface area contributed by atoms with E-state index in [0.29, 0.717) is 23.7 Å². The van der Waals surface area contributed by atoms with Gasteiger partial charge in [-0.2, -0.15) is 4.91 Å². The van der Waals surface area contributed by atoms with E-state index < -0.39 is 0 Å². The molecule has 5 saturated carbocycles.